The van der Waals surface area contributed by atoms with E-state index in [4.69, 9.17) is 4.43 Å². The predicted octanol–water partition coefficient (Wildman–Crippen LogP) is 5.11. The Morgan fingerprint density at radius 2 is 1.94 bits per heavy atom. The SMILES string of the molecule is CC(O)C1CN2[C@@H]3C[C@@H]1[C@H](CO[Si](C)(C)C(C)(C)C)[C@H]2Cc1c3n(C)c2ccccc12. The van der Waals surface area contributed by atoms with Crippen molar-refractivity contribution in [1.82, 2.24) is 9.47 Å². The van der Waals surface area contributed by atoms with Crippen molar-refractivity contribution >= 4 is 19.2 Å². The molecule has 3 unspecified atom stereocenters. The first kappa shape index (κ1) is 21.7. The molecule has 0 spiro atoms. The maximum absolute atomic E-state index is 10.6. The Morgan fingerprint density at radius 1 is 1.23 bits per heavy atom. The van der Waals surface area contributed by atoms with E-state index in [9.17, 15) is 5.11 Å². The fourth-order valence-corrected chi connectivity index (χ4v) is 7.65. The molecule has 0 saturated carbocycles. The van der Waals surface area contributed by atoms with Crippen molar-refractivity contribution in [1.29, 1.82) is 0 Å². The molecule has 0 radical (unpaired) electrons. The average molecular weight is 441 g/mol. The maximum Gasteiger partial charge on any atom is 0.191 e. The molecule has 6 rings (SSSR count). The van der Waals surface area contributed by atoms with Gasteiger partial charge in [0.25, 0.3) is 0 Å². The fourth-order valence-electron chi connectivity index (χ4n) is 6.61. The molecule has 1 aromatic carbocycles. The molecule has 2 aromatic rings. The molecule has 1 aromatic heterocycles. The van der Waals surface area contributed by atoms with E-state index in [0.717, 1.165) is 26.0 Å². The number of nitrogens with zero attached hydrogens (tertiary/aromatic N) is 2. The van der Waals surface area contributed by atoms with E-state index in [2.05, 4.69) is 74.6 Å². The lowest BCUT2D eigenvalue weighted by Gasteiger charge is -2.61. The van der Waals surface area contributed by atoms with Crippen molar-refractivity contribution in [3.8, 4) is 0 Å². The van der Waals surface area contributed by atoms with Crippen molar-refractivity contribution in [2.75, 3.05) is 13.2 Å². The summed E-state index contributed by atoms with van der Waals surface area (Å²) < 4.78 is 9.26. The van der Waals surface area contributed by atoms with Crippen LogP contribution in [0.5, 0.6) is 0 Å². The van der Waals surface area contributed by atoms with Gasteiger partial charge in [0.05, 0.1) is 12.1 Å². The average Bonchev–Trinajstić information content (AvgIpc) is 2.98. The first-order valence-corrected chi connectivity index (χ1v) is 15.1. The van der Waals surface area contributed by atoms with E-state index in [-0.39, 0.29) is 11.1 Å². The number of aromatic nitrogens is 1. The fraction of sp³-hybridized carbons (Fsp3) is 0.692. The van der Waals surface area contributed by atoms with Crippen molar-refractivity contribution in [3.05, 3.63) is 35.5 Å². The van der Waals surface area contributed by atoms with Gasteiger partial charge in [-0.25, -0.2) is 0 Å². The standard InChI is InChI=1S/C26H40N2O2Si/c1-16(29)20-14-28-23-13-19-17-10-8-9-11-22(17)27(5)25(19)24(28)12-18(20)21(23)15-30-31(6,7)26(2,3)4/h8-11,16,18,20-21,23-24,29H,12-15H2,1-7H3/t16?,18-,20?,21-,23+,24+/m0/s1. The zero-order valence-corrected chi connectivity index (χ0v) is 21.4. The summed E-state index contributed by atoms with van der Waals surface area (Å²) in [5, 5.41) is 12.3. The zero-order valence-electron chi connectivity index (χ0n) is 20.4. The van der Waals surface area contributed by atoms with Crippen LogP contribution in [0, 0.1) is 17.8 Å². The molecule has 7 atom stereocenters. The van der Waals surface area contributed by atoms with Crippen LogP contribution in [-0.4, -0.2) is 48.2 Å². The van der Waals surface area contributed by atoms with Crippen LogP contribution in [0.4, 0.5) is 0 Å². The lowest BCUT2D eigenvalue weighted by Crippen LogP contribution is -2.65. The van der Waals surface area contributed by atoms with Gasteiger partial charge in [0.15, 0.2) is 8.32 Å². The van der Waals surface area contributed by atoms with Gasteiger partial charge < -0.3 is 14.1 Å². The molecular weight excluding hydrogens is 400 g/mol. The molecule has 170 valence electrons. The first-order chi connectivity index (χ1) is 14.5. The molecule has 0 amide bonds. The second-order valence-corrected chi connectivity index (χ2v) is 16.8. The molecule has 5 heterocycles. The molecule has 3 fully saturated rings. The lowest BCUT2D eigenvalue weighted by molar-refractivity contribution is -0.136. The van der Waals surface area contributed by atoms with E-state index in [1.807, 2.05) is 6.92 Å². The van der Waals surface area contributed by atoms with E-state index in [0.29, 0.717) is 29.8 Å². The van der Waals surface area contributed by atoms with Crippen molar-refractivity contribution in [2.24, 2.45) is 24.8 Å². The quantitative estimate of drug-likeness (QED) is 0.671. The van der Waals surface area contributed by atoms with Crippen LogP contribution >= 0.6 is 0 Å². The molecule has 5 heteroatoms. The van der Waals surface area contributed by atoms with Crippen molar-refractivity contribution in [2.45, 2.75) is 76.9 Å². The molecule has 4 bridgehead atoms. The zero-order chi connectivity index (χ0) is 22.3. The van der Waals surface area contributed by atoms with Gasteiger partial charge in [-0.3, -0.25) is 4.90 Å². The van der Waals surface area contributed by atoms with Gasteiger partial charge in [-0.15, -0.1) is 0 Å². The second-order valence-electron chi connectivity index (χ2n) is 12.0. The number of aliphatic hydroxyl groups is 1. The van der Waals surface area contributed by atoms with Gasteiger partial charge in [-0.05, 0) is 55.4 Å². The Bertz CT molecular complexity index is 989. The monoisotopic (exact) mass is 440 g/mol. The van der Waals surface area contributed by atoms with Gasteiger partial charge >= 0.3 is 0 Å². The summed E-state index contributed by atoms with van der Waals surface area (Å²) in [6, 6.07) is 9.92. The van der Waals surface area contributed by atoms with Crippen molar-refractivity contribution < 1.29 is 9.53 Å². The number of hydrogen-bond acceptors (Lipinski definition) is 3. The summed E-state index contributed by atoms with van der Waals surface area (Å²) in [4.78, 5) is 2.75. The number of rotatable bonds is 4. The summed E-state index contributed by atoms with van der Waals surface area (Å²) in [5.41, 5.74) is 4.45. The minimum atomic E-state index is -1.80. The van der Waals surface area contributed by atoms with Crippen LogP contribution < -0.4 is 0 Å². The Hall–Kier alpha value is -1.14. The molecule has 1 N–H and O–H groups in total. The second kappa shape index (κ2) is 7.18. The summed E-state index contributed by atoms with van der Waals surface area (Å²) >= 11 is 0. The molecule has 4 nitrogen and oxygen atoms in total. The number of para-hydroxylation sites is 1. The first-order valence-electron chi connectivity index (χ1n) is 12.1. The van der Waals surface area contributed by atoms with Gasteiger partial charge in [0, 0.05) is 54.7 Å². The smallest absolute Gasteiger partial charge is 0.191 e. The molecule has 31 heavy (non-hydrogen) atoms. The minimum absolute atomic E-state index is 0.225. The van der Waals surface area contributed by atoms with Crippen LogP contribution in [0.15, 0.2) is 24.3 Å². The van der Waals surface area contributed by atoms with Crippen LogP contribution in [-0.2, 0) is 17.9 Å². The van der Waals surface area contributed by atoms with Gasteiger partial charge in [-0.1, -0.05) is 39.0 Å². The van der Waals surface area contributed by atoms with E-state index < -0.39 is 8.32 Å². The van der Waals surface area contributed by atoms with Gasteiger partial charge in [0.1, 0.15) is 0 Å². The summed E-state index contributed by atoms with van der Waals surface area (Å²) in [5.74, 6) is 1.40. The van der Waals surface area contributed by atoms with Crippen LogP contribution in [0.2, 0.25) is 18.1 Å². The summed E-state index contributed by atoms with van der Waals surface area (Å²) in [6.45, 7) is 15.6. The largest absolute Gasteiger partial charge is 0.416 e. The number of fused-ring (bicyclic) bond motifs is 4. The number of hydrogen-bond donors (Lipinski definition) is 1. The minimum Gasteiger partial charge on any atom is -0.416 e. The third-order valence-electron chi connectivity index (χ3n) is 9.39. The molecular formula is C26H40N2O2Si. The molecule has 4 aliphatic rings. The highest BCUT2D eigenvalue weighted by molar-refractivity contribution is 6.74. The van der Waals surface area contributed by atoms with Crippen LogP contribution in [0.1, 0.15) is 51.4 Å². The highest BCUT2D eigenvalue weighted by atomic mass is 28.4. The maximum atomic E-state index is 10.6. The number of aliphatic hydroxyl groups excluding tert-OH is 1. The van der Waals surface area contributed by atoms with E-state index in [1.165, 1.54) is 16.6 Å². The number of piperidine rings is 3. The highest BCUT2D eigenvalue weighted by Crippen LogP contribution is 2.55. The van der Waals surface area contributed by atoms with Gasteiger partial charge in [-0.2, -0.15) is 0 Å². The van der Waals surface area contributed by atoms with E-state index >= 15 is 0 Å². The molecule has 0 aliphatic carbocycles. The third-order valence-corrected chi connectivity index (χ3v) is 13.9. The topological polar surface area (TPSA) is 37.6 Å². The highest BCUT2D eigenvalue weighted by Gasteiger charge is 2.56. The molecule has 4 aliphatic heterocycles. The number of benzene rings is 1. The lowest BCUT2D eigenvalue weighted by atomic mass is 9.61. The van der Waals surface area contributed by atoms with Crippen LogP contribution in [0.25, 0.3) is 10.9 Å². The van der Waals surface area contributed by atoms with Gasteiger partial charge in [0.2, 0.25) is 0 Å². The number of aryl methyl sites for hydroxylation is 1. The summed E-state index contributed by atoms with van der Waals surface area (Å²) in [7, 11) is 0.442. The summed E-state index contributed by atoms with van der Waals surface area (Å²) in [6.07, 6.45) is 2.01. The molecule has 3 saturated heterocycles. The Balaban J connectivity index is 1.53. The third kappa shape index (κ3) is 3.18. The Kier molecular flexibility index (Phi) is 5.02. The van der Waals surface area contributed by atoms with E-state index in [1.54, 1.807) is 5.56 Å². The Morgan fingerprint density at radius 3 is 2.61 bits per heavy atom. The van der Waals surface area contributed by atoms with Crippen LogP contribution in [0.3, 0.4) is 0 Å². The Labute approximate surface area is 188 Å². The van der Waals surface area contributed by atoms with Crippen molar-refractivity contribution in [3.63, 3.8) is 0 Å². The normalized spacial score (nSPS) is 33.5. The predicted molar refractivity (Wildman–Crippen MR) is 130 cm³/mol.